The SMILES string of the molecule is CN(CCO)CCc1cccc2cc[nH]c12. The predicted octanol–water partition coefficient (Wildman–Crippen LogP) is 1.63. The van der Waals surface area contributed by atoms with Gasteiger partial charge in [0.15, 0.2) is 0 Å². The number of nitrogens with zero attached hydrogens (tertiary/aromatic N) is 1. The summed E-state index contributed by atoms with van der Waals surface area (Å²) in [5, 5.41) is 10.1. The van der Waals surface area contributed by atoms with Crippen LogP contribution in [0.3, 0.4) is 0 Å². The smallest absolute Gasteiger partial charge is 0.0558 e. The molecule has 2 aromatic rings. The molecular formula is C13H18N2O. The molecule has 1 aromatic heterocycles. The second kappa shape index (κ2) is 5.14. The second-order valence-electron chi connectivity index (χ2n) is 4.14. The summed E-state index contributed by atoms with van der Waals surface area (Å²) in [6, 6.07) is 8.46. The molecule has 0 bridgehead atoms. The van der Waals surface area contributed by atoms with Gasteiger partial charge in [0.25, 0.3) is 0 Å². The maximum atomic E-state index is 8.82. The lowest BCUT2D eigenvalue weighted by Gasteiger charge is -2.14. The third-order valence-corrected chi connectivity index (χ3v) is 2.92. The van der Waals surface area contributed by atoms with Crippen LogP contribution in [0.4, 0.5) is 0 Å². The van der Waals surface area contributed by atoms with Gasteiger partial charge in [-0.3, -0.25) is 0 Å². The molecule has 2 rings (SSSR count). The van der Waals surface area contributed by atoms with E-state index in [4.69, 9.17) is 5.11 Å². The fourth-order valence-electron chi connectivity index (χ4n) is 1.95. The summed E-state index contributed by atoms with van der Waals surface area (Å²) < 4.78 is 0. The lowest BCUT2D eigenvalue weighted by Crippen LogP contribution is -2.24. The summed E-state index contributed by atoms with van der Waals surface area (Å²) in [4.78, 5) is 5.42. The molecule has 0 saturated heterocycles. The Hall–Kier alpha value is -1.32. The van der Waals surface area contributed by atoms with Crippen LogP contribution in [0.15, 0.2) is 30.5 Å². The number of H-pyrrole nitrogens is 1. The van der Waals surface area contributed by atoms with Gasteiger partial charge in [-0.2, -0.15) is 0 Å². The van der Waals surface area contributed by atoms with Gasteiger partial charge in [-0.05, 0) is 30.5 Å². The van der Waals surface area contributed by atoms with Gasteiger partial charge in [0, 0.05) is 24.8 Å². The molecule has 0 amide bonds. The fourth-order valence-corrected chi connectivity index (χ4v) is 1.95. The van der Waals surface area contributed by atoms with Gasteiger partial charge in [0.2, 0.25) is 0 Å². The topological polar surface area (TPSA) is 39.3 Å². The Kier molecular flexibility index (Phi) is 3.59. The average molecular weight is 218 g/mol. The fraction of sp³-hybridized carbons (Fsp3) is 0.385. The lowest BCUT2D eigenvalue weighted by molar-refractivity contribution is 0.223. The minimum Gasteiger partial charge on any atom is -0.395 e. The summed E-state index contributed by atoms with van der Waals surface area (Å²) in [7, 11) is 2.03. The van der Waals surface area contributed by atoms with Crippen LogP contribution in [0.2, 0.25) is 0 Å². The first-order valence-corrected chi connectivity index (χ1v) is 5.65. The molecule has 1 heterocycles. The minimum atomic E-state index is 0.225. The van der Waals surface area contributed by atoms with Crippen molar-refractivity contribution in [1.82, 2.24) is 9.88 Å². The number of hydrogen-bond acceptors (Lipinski definition) is 2. The number of aliphatic hydroxyl groups excluding tert-OH is 1. The Labute approximate surface area is 95.7 Å². The van der Waals surface area contributed by atoms with E-state index < -0.39 is 0 Å². The molecule has 16 heavy (non-hydrogen) atoms. The zero-order valence-electron chi connectivity index (χ0n) is 9.61. The van der Waals surface area contributed by atoms with Crippen molar-refractivity contribution in [2.24, 2.45) is 0 Å². The van der Waals surface area contributed by atoms with E-state index in [9.17, 15) is 0 Å². The summed E-state index contributed by atoms with van der Waals surface area (Å²) in [6.45, 7) is 1.93. The second-order valence-corrected chi connectivity index (χ2v) is 4.14. The van der Waals surface area contributed by atoms with Crippen LogP contribution in [0.5, 0.6) is 0 Å². The van der Waals surface area contributed by atoms with E-state index >= 15 is 0 Å². The quantitative estimate of drug-likeness (QED) is 0.800. The van der Waals surface area contributed by atoms with E-state index in [0.717, 1.165) is 19.5 Å². The summed E-state index contributed by atoms with van der Waals surface area (Å²) >= 11 is 0. The molecule has 86 valence electrons. The Morgan fingerprint density at radius 2 is 2.12 bits per heavy atom. The van der Waals surface area contributed by atoms with Crippen LogP contribution in [0.25, 0.3) is 10.9 Å². The van der Waals surface area contributed by atoms with Crippen LogP contribution in [0, 0.1) is 0 Å². The van der Waals surface area contributed by atoms with Crippen molar-refractivity contribution in [3.8, 4) is 0 Å². The third kappa shape index (κ3) is 2.43. The predicted molar refractivity (Wildman–Crippen MR) is 66.6 cm³/mol. The van der Waals surface area contributed by atoms with Crippen LogP contribution in [-0.2, 0) is 6.42 Å². The van der Waals surface area contributed by atoms with Gasteiger partial charge < -0.3 is 15.0 Å². The third-order valence-electron chi connectivity index (χ3n) is 2.92. The summed E-state index contributed by atoms with van der Waals surface area (Å²) in [5.74, 6) is 0. The molecule has 0 unspecified atom stereocenters. The van der Waals surface area contributed by atoms with Gasteiger partial charge in [-0.15, -0.1) is 0 Å². The first-order chi connectivity index (χ1) is 7.81. The minimum absolute atomic E-state index is 0.225. The number of nitrogens with one attached hydrogen (secondary N) is 1. The number of benzene rings is 1. The van der Waals surface area contributed by atoms with E-state index in [1.54, 1.807) is 0 Å². The molecule has 2 N–H and O–H groups in total. The highest BCUT2D eigenvalue weighted by Crippen LogP contribution is 2.17. The highest BCUT2D eigenvalue weighted by Gasteiger charge is 2.03. The molecular weight excluding hydrogens is 200 g/mol. The number of rotatable bonds is 5. The zero-order chi connectivity index (χ0) is 11.4. The molecule has 0 fully saturated rings. The van der Waals surface area contributed by atoms with Crippen molar-refractivity contribution in [2.75, 3.05) is 26.7 Å². The maximum absolute atomic E-state index is 8.82. The summed E-state index contributed by atoms with van der Waals surface area (Å²) in [6.07, 6.45) is 2.99. The first kappa shape index (κ1) is 11.2. The molecule has 1 aromatic carbocycles. The van der Waals surface area contributed by atoms with Crippen LogP contribution in [0.1, 0.15) is 5.56 Å². The average Bonchev–Trinajstić information content (AvgIpc) is 2.75. The number of likely N-dealkylation sites (N-methyl/N-ethyl adjacent to an activating group) is 1. The van der Waals surface area contributed by atoms with E-state index in [-0.39, 0.29) is 6.61 Å². The molecule has 3 nitrogen and oxygen atoms in total. The van der Waals surface area contributed by atoms with E-state index in [2.05, 4.69) is 34.1 Å². The Morgan fingerprint density at radius 1 is 1.25 bits per heavy atom. The number of aromatic nitrogens is 1. The Morgan fingerprint density at radius 3 is 2.94 bits per heavy atom. The van der Waals surface area contributed by atoms with E-state index in [1.807, 2.05) is 13.2 Å². The maximum Gasteiger partial charge on any atom is 0.0558 e. The van der Waals surface area contributed by atoms with Gasteiger partial charge >= 0.3 is 0 Å². The first-order valence-electron chi connectivity index (χ1n) is 5.65. The molecule has 0 saturated carbocycles. The zero-order valence-corrected chi connectivity index (χ0v) is 9.61. The molecule has 0 aliphatic carbocycles. The van der Waals surface area contributed by atoms with Crippen LogP contribution < -0.4 is 0 Å². The molecule has 0 aliphatic rings. The van der Waals surface area contributed by atoms with Crippen molar-refractivity contribution < 1.29 is 5.11 Å². The number of fused-ring (bicyclic) bond motifs is 1. The number of aromatic amines is 1. The summed E-state index contributed by atoms with van der Waals surface area (Å²) in [5.41, 5.74) is 2.58. The molecule has 0 aliphatic heterocycles. The van der Waals surface area contributed by atoms with Gasteiger partial charge in [0.1, 0.15) is 0 Å². The largest absolute Gasteiger partial charge is 0.395 e. The van der Waals surface area contributed by atoms with Crippen LogP contribution in [-0.4, -0.2) is 41.7 Å². The standard InChI is InChI=1S/C13H18N2O/c1-15(9-10-16)8-6-12-4-2-3-11-5-7-14-13(11)12/h2-5,7,14,16H,6,8-10H2,1H3. The highest BCUT2D eigenvalue weighted by molar-refractivity contribution is 5.82. The molecule has 3 heteroatoms. The van der Waals surface area contributed by atoms with Crippen molar-refractivity contribution in [3.63, 3.8) is 0 Å². The Balaban J connectivity index is 2.06. The highest BCUT2D eigenvalue weighted by atomic mass is 16.3. The van der Waals surface area contributed by atoms with Gasteiger partial charge in [-0.1, -0.05) is 18.2 Å². The number of aliphatic hydroxyl groups is 1. The van der Waals surface area contributed by atoms with E-state index in [1.165, 1.54) is 16.5 Å². The molecule has 0 radical (unpaired) electrons. The van der Waals surface area contributed by atoms with Crippen LogP contribution >= 0.6 is 0 Å². The Bertz CT molecular complexity index is 450. The number of hydrogen-bond donors (Lipinski definition) is 2. The normalized spacial score (nSPS) is 11.4. The van der Waals surface area contributed by atoms with Crippen molar-refractivity contribution in [1.29, 1.82) is 0 Å². The van der Waals surface area contributed by atoms with Gasteiger partial charge in [0.05, 0.1) is 6.61 Å². The molecule has 0 atom stereocenters. The van der Waals surface area contributed by atoms with Crippen molar-refractivity contribution >= 4 is 10.9 Å². The van der Waals surface area contributed by atoms with Crippen molar-refractivity contribution in [2.45, 2.75) is 6.42 Å². The van der Waals surface area contributed by atoms with Gasteiger partial charge in [-0.25, -0.2) is 0 Å². The van der Waals surface area contributed by atoms with E-state index in [0.29, 0.717) is 0 Å². The monoisotopic (exact) mass is 218 g/mol. The van der Waals surface area contributed by atoms with Crippen molar-refractivity contribution in [3.05, 3.63) is 36.0 Å². The molecule has 0 spiro atoms. The number of para-hydroxylation sites is 1. The lowest BCUT2D eigenvalue weighted by atomic mass is 10.1.